The maximum absolute atomic E-state index is 12.9. The number of rotatable bonds is 4. The first kappa shape index (κ1) is 19.4. The van der Waals surface area contributed by atoms with Gasteiger partial charge in [-0.05, 0) is 55.3 Å². The monoisotopic (exact) mass is 406 g/mol. The number of carbonyl (C=O) groups excluding carboxylic acids is 1. The van der Waals surface area contributed by atoms with Crippen LogP contribution in [0.1, 0.15) is 17.5 Å². The van der Waals surface area contributed by atoms with E-state index < -0.39 is 21.6 Å². The van der Waals surface area contributed by atoms with Crippen LogP contribution in [0, 0.1) is 19.7 Å². The summed E-state index contributed by atoms with van der Waals surface area (Å²) in [6.45, 7) is 4.01. The average Bonchev–Trinajstić information content (AvgIpc) is 2.89. The third-order valence-corrected chi connectivity index (χ3v) is 7.02. The molecular weight excluding hydrogens is 387 g/mol. The highest BCUT2D eigenvalue weighted by Gasteiger charge is 2.17. The molecule has 0 aliphatic heterocycles. The quantitative estimate of drug-likeness (QED) is 0.625. The van der Waals surface area contributed by atoms with Crippen LogP contribution in [0.15, 0.2) is 46.3 Å². The Balaban J connectivity index is 1.83. The maximum atomic E-state index is 12.9. The highest BCUT2D eigenvalue weighted by molar-refractivity contribution is 7.91. The van der Waals surface area contributed by atoms with E-state index in [-0.39, 0.29) is 17.1 Å². The van der Waals surface area contributed by atoms with E-state index in [9.17, 15) is 17.6 Å². The summed E-state index contributed by atoms with van der Waals surface area (Å²) in [5, 5.41) is 0. The van der Waals surface area contributed by atoms with Gasteiger partial charge in [-0.3, -0.25) is 4.79 Å². The Labute approximate surface area is 160 Å². The van der Waals surface area contributed by atoms with Crippen LogP contribution in [0.2, 0.25) is 0 Å². The van der Waals surface area contributed by atoms with E-state index in [1.54, 1.807) is 0 Å². The van der Waals surface area contributed by atoms with Crippen LogP contribution in [0.25, 0.3) is 10.2 Å². The van der Waals surface area contributed by atoms with Gasteiger partial charge in [0.05, 0.1) is 20.9 Å². The lowest BCUT2D eigenvalue weighted by Crippen LogP contribution is -2.16. The number of amides is 1. The van der Waals surface area contributed by atoms with Gasteiger partial charge in [-0.2, -0.15) is 4.99 Å². The van der Waals surface area contributed by atoms with Crippen molar-refractivity contribution in [3.8, 4) is 0 Å². The van der Waals surface area contributed by atoms with Gasteiger partial charge in [-0.25, -0.2) is 12.8 Å². The number of aryl methyl sites for hydroxylation is 3. The van der Waals surface area contributed by atoms with Gasteiger partial charge in [-0.15, -0.1) is 0 Å². The molecule has 0 atom stereocenters. The molecule has 3 aromatic rings. The topological polar surface area (TPSA) is 68.5 Å². The van der Waals surface area contributed by atoms with Crippen LogP contribution in [0.4, 0.5) is 4.39 Å². The Morgan fingerprint density at radius 2 is 1.85 bits per heavy atom. The van der Waals surface area contributed by atoms with E-state index in [1.165, 1.54) is 23.5 Å². The maximum Gasteiger partial charge on any atom is 0.249 e. The van der Waals surface area contributed by atoms with Crippen LogP contribution in [0.3, 0.4) is 0 Å². The number of thiazole rings is 1. The third-order valence-electron chi connectivity index (χ3n) is 4.21. The first-order valence-electron chi connectivity index (χ1n) is 8.30. The summed E-state index contributed by atoms with van der Waals surface area (Å²) in [5.74, 6) is -1.38. The largest absolute Gasteiger partial charge is 0.319 e. The van der Waals surface area contributed by atoms with Crippen LogP contribution in [0.5, 0.6) is 0 Å². The van der Waals surface area contributed by atoms with Gasteiger partial charge in [0, 0.05) is 13.5 Å². The predicted octanol–water partition coefficient (Wildman–Crippen LogP) is 3.29. The number of halogens is 1. The fourth-order valence-corrected chi connectivity index (χ4v) is 5.37. The molecule has 0 aliphatic rings. The Bertz CT molecular complexity index is 1190. The Morgan fingerprint density at radius 1 is 1.19 bits per heavy atom. The van der Waals surface area contributed by atoms with E-state index in [4.69, 9.17) is 0 Å². The van der Waals surface area contributed by atoms with E-state index in [2.05, 4.69) is 11.1 Å². The van der Waals surface area contributed by atoms with E-state index in [0.29, 0.717) is 4.80 Å². The fraction of sp³-hybridized carbons (Fsp3) is 0.263. The number of hydrogen-bond donors (Lipinski definition) is 0. The summed E-state index contributed by atoms with van der Waals surface area (Å²) in [6, 6.07) is 8.67. The van der Waals surface area contributed by atoms with Crippen molar-refractivity contribution in [2.24, 2.45) is 12.0 Å². The van der Waals surface area contributed by atoms with Crippen molar-refractivity contribution >= 4 is 37.3 Å². The molecule has 1 heterocycles. The second-order valence-electron chi connectivity index (χ2n) is 6.40. The molecule has 0 N–H and O–H groups in total. The minimum atomic E-state index is -3.66. The molecule has 1 amide bonds. The van der Waals surface area contributed by atoms with E-state index in [1.807, 2.05) is 31.5 Å². The molecule has 3 rings (SSSR count). The smallest absolute Gasteiger partial charge is 0.249 e. The minimum Gasteiger partial charge on any atom is -0.319 e. The van der Waals surface area contributed by atoms with Crippen LogP contribution in [-0.4, -0.2) is 24.6 Å². The van der Waals surface area contributed by atoms with Gasteiger partial charge < -0.3 is 4.57 Å². The summed E-state index contributed by atoms with van der Waals surface area (Å²) in [6.07, 6.45) is -0.230. The van der Waals surface area contributed by atoms with Crippen molar-refractivity contribution in [1.82, 2.24) is 4.57 Å². The lowest BCUT2D eigenvalue weighted by atomic mass is 10.1. The highest BCUT2D eigenvalue weighted by atomic mass is 32.2. The van der Waals surface area contributed by atoms with E-state index in [0.717, 1.165) is 33.5 Å². The zero-order valence-electron chi connectivity index (χ0n) is 15.2. The van der Waals surface area contributed by atoms with Gasteiger partial charge in [0.15, 0.2) is 14.6 Å². The van der Waals surface area contributed by atoms with Crippen molar-refractivity contribution in [3.63, 3.8) is 0 Å². The molecule has 142 valence electrons. The lowest BCUT2D eigenvalue weighted by Gasteiger charge is -2.03. The molecule has 0 bridgehead atoms. The van der Waals surface area contributed by atoms with Crippen molar-refractivity contribution in [2.45, 2.75) is 25.2 Å². The third kappa shape index (κ3) is 4.17. The minimum absolute atomic E-state index is 0.00443. The molecule has 2 aromatic carbocycles. The molecule has 0 saturated carbocycles. The van der Waals surface area contributed by atoms with Gasteiger partial charge in [0.2, 0.25) is 5.91 Å². The Hall–Kier alpha value is -2.32. The zero-order chi connectivity index (χ0) is 19.8. The number of fused-ring (bicyclic) bond motifs is 1. The average molecular weight is 407 g/mol. The zero-order valence-corrected chi connectivity index (χ0v) is 16.8. The van der Waals surface area contributed by atoms with Crippen molar-refractivity contribution in [2.75, 3.05) is 5.75 Å². The number of carbonyl (C=O) groups is 1. The van der Waals surface area contributed by atoms with Gasteiger partial charge in [-0.1, -0.05) is 17.4 Å². The van der Waals surface area contributed by atoms with Gasteiger partial charge in [0.25, 0.3) is 0 Å². The standard InChI is InChI=1S/C19H19FN2O3S2/c1-12-10-13(2)18-16(11-12)26-19(22(18)3)21-17(23)8-9-27(24,25)15-6-4-14(20)5-7-15/h4-7,10-11H,8-9H2,1-3H3. The number of aromatic nitrogens is 1. The van der Waals surface area contributed by atoms with Gasteiger partial charge >= 0.3 is 0 Å². The molecule has 8 heteroatoms. The number of benzene rings is 2. The van der Waals surface area contributed by atoms with Gasteiger partial charge in [0.1, 0.15) is 5.82 Å². The number of hydrogen-bond acceptors (Lipinski definition) is 4. The molecule has 1 aromatic heterocycles. The first-order chi connectivity index (χ1) is 12.7. The molecule has 27 heavy (non-hydrogen) atoms. The second kappa shape index (κ2) is 7.36. The SMILES string of the molecule is Cc1cc(C)c2c(c1)sc(=NC(=O)CCS(=O)(=O)c1ccc(F)cc1)n2C. The summed E-state index contributed by atoms with van der Waals surface area (Å²) in [5.41, 5.74) is 3.23. The molecule has 0 aliphatic carbocycles. The molecule has 0 radical (unpaired) electrons. The Kier molecular flexibility index (Phi) is 5.30. The first-order valence-corrected chi connectivity index (χ1v) is 10.8. The fourth-order valence-electron chi connectivity index (χ4n) is 2.93. The summed E-state index contributed by atoms with van der Waals surface area (Å²) < 4.78 is 40.4. The molecule has 0 spiro atoms. The van der Waals surface area contributed by atoms with Crippen LogP contribution in [-0.2, 0) is 21.7 Å². The lowest BCUT2D eigenvalue weighted by molar-refractivity contribution is -0.117. The number of sulfone groups is 1. The predicted molar refractivity (Wildman–Crippen MR) is 104 cm³/mol. The number of nitrogens with zero attached hydrogens (tertiary/aromatic N) is 2. The normalized spacial score (nSPS) is 12.7. The summed E-state index contributed by atoms with van der Waals surface area (Å²) >= 11 is 1.40. The molecule has 5 nitrogen and oxygen atoms in total. The van der Waals surface area contributed by atoms with E-state index >= 15 is 0 Å². The molecule has 0 saturated heterocycles. The van der Waals surface area contributed by atoms with Crippen LogP contribution < -0.4 is 4.80 Å². The highest BCUT2D eigenvalue weighted by Crippen LogP contribution is 2.22. The summed E-state index contributed by atoms with van der Waals surface area (Å²) in [4.78, 5) is 16.8. The molecular formula is C19H19FN2O3S2. The van der Waals surface area contributed by atoms with Crippen molar-refractivity contribution in [3.05, 3.63) is 58.1 Å². The molecule has 0 fully saturated rings. The van der Waals surface area contributed by atoms with Crippen molar-refractivity contribution < 1.29 is 17.6 Å². The second-order valence-corrected chi connectivity index (χ2v) is 9.52. The van der Waals surface area contributed by atoms with Crippen molar-refractivity contribution in [1.29, 1.82) is 0 Å². The summed E-state index contributed by atoms with van der Waals surface area (Å²) in [7, 11) is -1.83. The van der Waals surface area contributed by atoms with Crippen LogP contribution >= 0.6 is 11.3 Å². The molecule has 0 unspecified atom stereocenters. The Morgan fingerprint density at radius 3 is 2.52 bits per heavy atom.